The highest BCUT2D eigenvalue weighted by Gasteiger charge is 2.17. The van der Waals surface area contributed by atoms with Crippen molar-refractivity contribution in [3.8, 4) is 33.9 Å². The van der Waals surface area contributed by atoms with Crippen LogP contribution < -0.4 is 0 Å². The Balaban J connectivity index is 1.59. The van der Waals surface area contributed by atoms with E-state index < -0.39 is 0 Å². The smallest absolute Gasteiger partial charge is 0.226 e. The Labute approximate surface area is 189 Å². The quantitative estimate of drug-likeness (QED) is 0.291. The molecular formula is C27H16ClN3O. The van der Waals surface area contributed by atoms with Crippen LogP contribution in [0.15, 0.2) is 101 Å². The van der Waals surface area contributed by atoms with Gasteiger partial charge in [0.25, 0.3) is 0 Å². The predicted octanol–water partition coefficient (Wildman–Crippen LogP) is 7.43. The molecule has 2 heterocycles. The van der Waals surface area contributed by atoms with Crippen molar-refractivity contribution in [2.24, 2.45) is 0 Å². The number of furan rings is 1. The van der Waals surface area contributed by atoms with Gasteiger partial charge in [0.2, 0.25) is 5.28 Å². The van der Waals surface area contributed by atoms with E-state index in [0.717, 1.165) is 44.2 Å². The molecule has 0 fully saturated rings. The summed E-state index contributed by atoms with van der Waals surface area (Å²) >= 11 is 6.41. The second kappa shape index (κ2) is 7.59. The number of para-hydroxylation sites is 1. The van der Waals surface area contributed by atoms with E-state index in [4.69, 9.17) is 21.0 Å². The zero-order chi connectivity index (χ0) is 21.5. The van der Waals surface area contributed by atoms with E-state index in [2.05, 4.69) is 28.2 Å². The van der Waals surface area contributed by atoms with Gasteiger partial charge < -0.3 is 4.42 Å². The van der Waals surface area contributed by atoms with Gasteiger partial charge in [-0.15, -0.1) is 0 Å². The number of hydrogen-bond donors (Lipinski definition) is 0. The van der Waals surface area contributed by atoms with E-state index in [9.17, 15) is 0 Å². The minimum Gasteiger partial charge on any atom is -0.456 e. The van der Waals surface area contributed by atoms with E-state index in [0.29, 0.717) is 11.6 Å². The third-order valence-corrected chi connectivity index (χ3v) is 5.67. The molecule has 4 nitrogen and oxygen atoms in total. The highest BCUT2D eigenvalue weighted by Crippen LogP contribution is 2.37. The van der Waals surface area contributed by atoms with Crippen molar-refractivity contribution < 1.29 is 4.42 Å². The maximum absolute atomic E-state index is 6.41. The lowest BCUT2D eigenvalue weighted by molar-refractivity contribution is 0.669. The van der Waals surface area contributed by atoms with Gasteiger partial charge in [-0.2, -0.15) is 9.97 Å². The van der Waals surface area contributed by atoms with E-state index in [-0.39, 0.29) is 5.28 Å². The van der Waals surface area contributed by atoms with Crippen LogP contribution >= 0.6 is 11.6 Å². The molecule has 0 atom stereocenters. The number of rotatable bonds is 3. The molecule has 0 aliphatic rings. The summed E-state index contributed by atoms with van der Waals surface area (Å²) in [4.78, 5) is 13.8. The lowest BCUT2D eigenvalue weighted by atomic mass is 9.99. The Morgan fingerprint density at radius 2 is 1.16 bits per heavy atom. The van der Waals surface area contributed by atoms with Crippen LogP contribution in [0.3, 0.4) is 0 Å². The fourth-order valence-electron chi connectivity index (χ4n) is 4.10. The van der Waals surface area contributed by atoms with Gasteiger partial charge >= 0.3 is 0 Å². The topological polar surface area (TPSA) is 51.8 Å². The summed E-state index contributed by atoms with van der Waals surface area (Å²) in [6.45, 7) is 0. The van der Waals surface area contributed by atoms with Crippen molar-refractivity contribution >= 4 is 33.5 Å². The number of aromatic nitrogens is 3. The van der Waals surface area contributed by atoms with Crippen LogP contribution in [-0.2, 0) is 0 Å². The molecule has 0 N–H and O–H groups in total. The summed E-state index contributed by atoms with van der Waals surface area (Å²) in [5.74, 6) is 1.05. The molecule has 32 heavy (non-hydrogen) atoms. The minimum absolute atomic E-state index is 0.151. The van der Waals surface area contributed by atoms with Crippen LogP contribution in [0.25, 0.3) is 55.8 Å². The van der Waals surface area contributed by atoms with Gasteiger partial charge in [-0.1, -0.05) is 84.9 Å². The van der Waals surface area contributed by atoms with Crippen LogP contribution in [0.1, 0.15) is 0 Å². The number of halogens is 1. The minimum atomic E-state index is 0.151. The van der Waals surface area contributed by atoms with Crippen LogP contribution in [0.5, 0.6) is 0 Å². The molecule has 152 valence electrons. The summed E-state index contributed by atoms with van der Waals surface area (Å²) in [5, 5.41) is 2.13. The molecular weight excluding hydrogens is 418 g/mol. The number of nitrogens with zero attached hydrogens (tertiary/aromatic N) is 3. The largest absolute Gasteiger partial charge is 0.456 e. The molecule has 4 aromatic carbocycles. The predicted molar refractivity (Wildman–Crippen MR) is 128 cm³/mol. The molecule has 5 heteroatoms. The van der Waals surface area contributed by atoms with E-state index in [1.807, 2.05) is 78.9 Å². The second-order valence-corrected chi connectivity index (χ2v) is 7.78. The van der Waals surface area contributed by atoms with Gasteiger partial charge in [-0.3, -0.25) is 0 Å². The van der Waals surface area contributed by atoms with E-state index >= 15 is 0 Å². The summed E-state index contributed by atoms with van der Waals surface area (Å²) in [7, 11) is 0. The van der Waals surface area contributed by atoms with Crippen LogP contribution in [0.4, 0.5) is 0 Å². The average Bonchev–Trinajstić information content (AvgIpc) is 3.23. The lowest BCUT2D eigenvalue weighted by Gasteiger charge is -2.10. The Kier molecular flexibility index (Phi) is 4.44. The average molecular weight is 434 g/mol. The van der Waals surface area contributed by atoms with Crippen molar-refractivity contribution in [2.75, 3.05) is 0 Å². The van der Waals surface area contributed by atoms with Crippen molar-refractivity contribution in [1.29, 1.82) is 0 Å². The highest BCUT2D eigenvalue weighted by molar-refractivity contribution is 6.28. The fraction of sp³-hybridized carbons (Fsp3) is 0. The molecule has 2 aromatic heterocycles. The number of hydrogen-bond acceptors (Lipinski definition) is 4. The van der Waals surface area contributed by atoms with Crippen molar-refractivity contribution in [2.45, 2.75) is 0 Å². The summed E-state index contributed by atoms with van der Waals surface area (Å²) in [5.41, 5.74) is 5.48. The number of benzene rings is 4. The third-order valence-electron chi connectivity index (χ3n) is 5.50. The van der Waals surface area contributed by atoms with Crippen molar-refractivity contribution in [3.63, 3.8) is 0 Å². The molecule has 0 bridgehead atoms. The zero-order valence-corrected chi connectivity index (χ0v) is 17.6. The molecule has 0 spiro atoms. The third kappa shape index (κ3) is 3.13. The van der Waals surface area contributed by atoms with Gasteiger partial charge in [-0.25, -0.2) is 4.98 Å². The second-order valence-electron chi connectivity index (χ2n) is 7.44. The fourth-order valence-corrected chi connectivity index (χ4v) is 4.26. The first-order valence-electron chi connectivity index (χ1n) is 10.2. The molecule has 0 saturated carbocycles. The summed E-state index contributed by atoms with van der Waals surface area (Å²) in [6.07, 6.45) is 0. The van der Waals surface area contributed by atoms with Crippen LogP contribution in [-0.4, -0.2) is 15.0 Å². The Hall–Kier alpha value is -4.02. The molecule has 0 amide bonds. The summed E-state index contributed by atoms with van der Waals surface area (Å²) in [6, 6.07) is 32.1. The maximum Gasteiger partial charge on any atom is 0.226 e. The normalized spacial score (nSPS) is 11.3. The Bertz CT molecular complexity index is 1590. The maximum atomic E-state index is 6.41. The van der Waals surface area contributed by atoms with Gasteiger partial charge in [0.15, 0.2) is 11.6 Å². The zero-order valence-electron chi connectivity index (χ0n) is 16.9. The van der Waals surface area contributed by atoms with E-state index in [1.165, 1.54) is 0 Å². The molecule has 0 radical (unpaired) electrons. The molecule has 0 aliphatic carbocycles. The Morgan fingerprint density at radius 1 is 0.531 bits per heavy atom. The van der Waals surface area contributed by atoms with Gasteiger partial charge in [0.1, 0.15) is 11.2 Å². The molecule has 0 aliphatic heterocycles. The molecule has 0 saturated heterocycles. The molecule has 6 rings (SSSR count). The van der Waals surface area contributed by atoms with Gasteiger partial charge in [0.05, 0.1) is 0 Å². The Morgan fingerprint density at radius 3 is 2.00 bits per heavy atom. The highest BCUT2D eigenvalue weighted by atomic mass is 35.5. The first-order valence-corrected chi connectivity index (χ1v) is 10.6. The van der Waals surface area contributed by atoms with Gasteiger partial charge in [-0.05, 0) is 34.9 Å². The van der Waals surface area contributed by atoms with Gasteiger partial charge in [0, 0.05) is 21.9 Å². The van der Waals surface area contributed by atoms with Crippen LogP contribution in [0, 0.1) is 0 Å². The van der Waals surface area contributed by atoms with Crippen molar-refractivity contribution in [3.05, 3.63) is 102 Å². The summed E-state index contributed by atoms with van der Waals surface area (Å²) < 4.78 is 6.03. The van der Waals surface area contributed by atoms with E-state index in [1.54, 1.807) is 0 Å². The standard InChI is InChI=1S/C27H16ClN3O/c28-27-30-25(19-12-5-4-11-18(19)17-9-2-1-3-10-17)29-26(31-27)21-14-8-16-23-24(21)20-13-6-7-15-22(20)32-23/h1-16H. The monoisotopic (exact) mass is 433 g/mol. The first-order chi connectivity index (χ1) is 15.8. The molecule has 0 unspecified atom stereocenters. The number of fused-ring (bicyclic) bond motifs is 3. The SMILES string of the molecule is Clc1nc(-c2ccccc2-c2ccccc2)nc(-c2cccc3oc4ccccc4c23)n1. The van der Waals surface area contributed by atoms with Crippen molar-refractivity contribution in [1.82, 2.24) is 15.0 Å². The lowest BCUT2D eigenvalue weighted by Crippen LogP contribution is -1.98. The first kappa shape index (κ1) is 18.7. The molecule has 6 aromatic rings. The van der Waals surface area contributed by atoms with Crippen LogP contribution in [0.2, 0.25) is 5.28 Å².